The molecule has 96 valence electrons. The lowest BCUT2D eigenvalue weighted by atomic mass is 10.1. The van der Waals surface area contributed by atoms with E-state index in [1.165, 1.54) is 0 Å². The van der Waals surface area contributed by atoms with E-state index in [9.17, 15) is 4.79 Å². The van der Waals surface area contributed by atoms with Gasteiger partial charge in [0.1, 0.15) is 5.75 Å². The zero-order valence-electron chi connectivity index (χ0n) is 10.3. The van der Waals surface area contributed by atoms with E-state index in [0.29, 0.717) is 5.56 Å². The number of rotatable bonds is 4. The lowest BCUT2D eigenvalue weighted by molar-refractivity contribution is 0.104. The SMILES string of the molecule is COc1ccc(C=CC(=O)c2ccncc2)cc1Br. The summed E-state index contributed by atoms with van der Waals surface area (Å²) >= 11 is 3.41. The number of halogens is 1. The first-order valence-corrected chi connectivity index (χ1v) is 6.46. The lowest BCUT2D eigenvalue weighted by Gasteiger charge is -2.03. The molecule has 0 atom stereocenters. The molecule has 1 aromatic heterocycles. The number of ketones is 1. The standard InChI is InChI=1S/C15H12BrNO2/c1-19-15-5-3-11(10-13(15)16)2-4-14(18)12-6-8-17-9-7-12/h2-10H,1H3. The number of allylic oxidation sites excluding steroid dienone is 1. The minimum atomic E-state index is -0.0469. The number of aromatic nitrogens is 1. The molecule has 19 heavy (non-hydrogen) atoms. The van der Waals surface area contributed by atoms with Crippen molar-refractivity contribution in [2.24, 2.45) is 0 Å². The van der Waals surface area contributed by atoms with Gasteiger partial charge in [0.05, 0.1) is 11.6 Å². The van der Waals surface area contributed by atoms with Gasteiger partial charge in [0.2, 0.25) is 0 Å². The Balaban J connectivity index is 2.15. The fourth-order valence-corrected chi connectivity index (χ4v) is 2.13. The molecule has 2 aromatic rings. The molecule has 3 nitrogen and oxygen atoms in total. The Hall–Kier alpha value is -1.94. The Kier molecular flexibility index (Phi) is 4.47. The van der Waals surface area contributed by atoms with Crippen molar-refractivity contribution in [3.8, 4) is 5.75 Å². The number of hydrogen-bond donors (Lipinski definition) is 0. The molecule has 0 aliphatic carbocycles. The first-order valence-electron chi connectivity index (χ1n) is 5.66. The highest BCUT2D eigenvalue weighted by Crippen LogP contribution is 2.26. The summed E-state index contributed by atoms with van der Waals surface area (Å²) in [4.78, 5) is 15.8. The molecule has 0 aliphatic heterocycles. The highest BCUT2D eigenvalue weighted by Gasteiger charge is 2.02. The number of hydrogen-bond acceptors (Lipinski definition) is 3. The van der Waals surface area contributed by atoms with Crippen LogP contribution in [-0.4, -0.2) is 17.9 Å². The van der Waals surface area contributed by atoms with Crippen LogP contribution in [0, 0.1) is 0 Å². The Bertz CT molecular complexity index is 609. The summed E-state index contributed by atoms with van der Waals surface area (Å²) in [5, 5.41) is 0. The molecule has 2 rings (SSSR count). The number of carbonyl (C=O) groups is 1. The van der Waals surface area contributed by atoms with E-state index in [1.807, 2.05) is 18.2 Å². The molecule has 0 spiro atoms. The van der Waals surface area contributed by atoms with Crippen LogP contribution in [0.25, 0.3) is 6.08 Å². The van der Waals surface area contributed by atoms with Crippen LogP contribution in [0.3, 0.4) is 0 Å². The first kappa shape index (κ1) is 13.5. The molecule has 0 saturated carbocycles. The van der Waals surface area contributed by atoms with Crippen LogP contribution in [0.1, 0.15) is 15.9 Å². The average molecular weight is 318 g/mol. The number of ether oxygens (including phenoxy) is 1. The van der Waals surface area contributed by atoms with Gasteiger partial charge in [0.25, 0.3) is 0 Å². The van der Waals surface area contributed by atoms with Gasteiger partial charge in [0.15, 0.2) is 5.78 Å². The topological polar surface area (TPSA) is 39.2 Å². The molecule has 0 amide bonds. The van der Waals surface area contributed by atoms with Crippen molar-refractivity contribution in [1.82, 2.24) is 4.98 Å². The van der Waals surface area contributed by atoms with E-state index in [1.54, 1.807) is 43.8 Å². The van der Waals surface area contributed by atoms with Crippen molar-refractivity contribution in [1.29, 1.82) is 0 Å². The minimum Gasteiger partial charge on any atom is -0.496 e. The maximum Gasteiger partial charge on any atom is 0.185 e. The molecule has 0 radical (unpaired) electrons. The van der Waals surface area contributed by atoms with Gasteiger partial charge >= 0.3 is 0 Å². The van der Waals surface area contributed by atoms with Gasteiger partial charge in [-0.05, 0) is 51.8 Å². The molecule has 0 fully saturated rings. The molecule has 1 aromatic carbocycles. The van der Waals surface area contributed by atoms with Gasteiger partial charge in [-0.15, -0.1) is 0 Å². The number of nitrogens with zero attached hydrogens (tertiary/aromatic N) is 1. The largest absolute Gasteiger partial charge is 0.496 e. The molecule has 0 bridgehead atoms. The van der Waals surface area contributed by atoms with Crippen molar-refractivity contribution in [3.05, 3.63) is 64.4 Å². The zero-order chi connectivity index (χ0) is 13.7. The van der Waals surface area contributed by atoms with Crippen LogP contribution in [0.5, 0.6) is 5.75 Å². The van der Waals surface area contributed by atoms with Crippen molar-refractivity contribution in [2.45, 2.75) is 0 Å². The van der Waals surface area contributed by atoms with E-state index >= 15 is 0 Å². The lowest BCUT2D eigenvalue weighted by Crippen LogP contribution is -1.93. The monoisotopic (exact) mass is 317 g/mol. The molecule has 0 N–H and O–H groups in total. The third kappa shape index (κ3) is 3.51. The number of pyridine rings is 1. The summed E-state index contributed by atoms with van der Waals surface area (Å²) in [6.45, 7) is 0. The van der Waals surface area contributed by atoms with Gasteiger partial charge in [-0.1, -0.05) is 12.1 Å². The van der Waals surface area contributed by atoms with Crippen LogP contribution in [0.2, 0.25) is 0 Å². The maximum absolute atomic E-state index is 11.9. The molecular formula is C15H12BrNO2. The zero-order valence-corrected chi connectivity index (χ0v) is 11.9. The second-order valence-corrected chi connectivity index (χ2v) is 4.68. The molecule has 0 unspecified atom stereocenters. The van der Waals surface area contributed by atoms with Gasteiger partial charge in [-0.2, -0.15) is 0 Å². The molecule has 1 heterocycles. The van der Waals surface area contributed by atoms with Gasteiger partial charge in [-0.25, -0.2) is 0 Å². The van der Waals surface area contributed by atoms with E-state index in [0.717, 1.165) is 15.8 Å². The highest BCUT2D eigenvalue weighted by molar-refractivity contribution is 9.10. The quantitative estimate of drug-likeness (QED) is 0.637. The summed E-state index contributed by atoms with van der Waals surface area (Å²) in [6, 6.07) is 9.02. The summed E-state index contributed by atoms with van der Waals surface area (Å²) in [5.41, 5.74) is 1.55. The summed E-state index contributed by atoms with van der Waals surface area (Å²) in [7, 11) is 1.61. The van der Waals surface area contributed by atoms with Crippen molar-refractivity contribution >= 4 is 27.8 Å². The highest BCUT2D eigenvalue weighted by atomic mass is 79.9. The second-order valence-electron chi connectivity index (χ2n) is 3.83. The molecule has 4 heteroatoms. The van der Waals surface area contributed by atoms with Gasteiger partial charge in [0, 0.05) is 18.0 Å². The summed E-state index contributed by atoms with van der Waals surface area (Å²) < 4.78 is 6.01. The number of methoxy groups -OCH3 is 1. The smallest absolute Gasteiger partial charge is 0.185 e. The van der Waals surface area contributed by atoms with Crippen LogP contribution in [0.4, 0.5) is 0 Å². The molecule has 0 aliphatic rings. The van der Waals surface area contributed by atoms with Crippen LogP contribution in [0.15, 0.2) is 53.3 Å². The van der Waals surface area contributed by atoms with Crippen LogP contribution < -0.4 is 4.74 Å². The summed E-state index contributed by atoms with van der Waals surface area (Å²) in [6.07, 6.45) is 6.52. The first-order chi connectivity index (χ1) is 9.20. The van der Waals surface area contributed by atoms with Gasteiger partial charge < -0.3 is 4.74 Å². The number of benzene rings is 1. The predicted molar refractivity (Wildman–Crippen MR) is 78.3 cm³/mol. The normalized spacial score (nSPS) is 10.6. The Morgan fingerprint density at radius 2 is 2.00 bits per heavy atom. The van der Waals surface area contributed by atoms with E-state index in [-0.39, 0.29) is 5.78 Å². The average Bonchev–Trinajstić information content (AvgIpc) is 2.46. The second kappa shape index (κ2) is 6.29. The molecule has 0 saturated heterocycles. The fraction of sp³-hybridized carbons (Fsp3) is 0.0667. The third-order valence-electron chi connectivity index (χ3n) is 2.57. The Morgan fingerprint density at radius 1 is 1.26 bits per heavy atom. The van der Waals surface area contributed by atoms with Crippen LogP contribution >= 0.6 is 15.9 Å². The number of carbonyl (C=O) groups excluding carboxylic acids is 1. The fourth-order valence-electron chi connectivity index (χ4n) is 1.57. The van der Waals surface area contributed by atoms with Gasteiger partial charge in [-0.3, -0.25) is 9.78 Å². The van der Waals surface area contributed by atoms with Crippen molar-refractivity contribution < 1.29 is 9.53 Å². The van der Waals surface area contributed by atoms with Crippen LogP contribution in [-0.2, 0) is 0 Å². The molecular weight excluding hydrogens is 306 g/mol. The van der Waals surface area contributed by atoms with E-state index in [2.05, 4.69) is 20.9 Å². The van der Waals surface area contributed by atoms with E-state index in [4.69, 9.17) is 4.74 Å². The van der Waals surface area contributed by atoms with Crippen molar-refractivity contribution in [3.63, 3.8) is 0 Å². The predicted octanol–water partition coefficient (Wildman–Crippen LogP) is 3.75. The summed E-state index contributed by atoms with van der Waals surface area (Å²) in [5.74, 6) is 0.715. The Morgan fingerprint density at radius 3 is 2.63 bits per heavy atom. The minimum absolute atomic E-state index is 0.0469. The third-order valence-corrected chi connectivity index (χ3v) is 3.19. The maximum atomic E-state index is 11.9. The Labute approximate surface area is 120 Å². The van der Waals surface area contributed by atoms with Crippen molar-refractivity contribution in [2.75, 3.05) is 7.11 Å². The van der Waals surface area contributed by atoms with E-state index < -0.39 is 0 Å².